The first-order valence-electron chi connectivity index (χ1n) is 14.2. The summed E-state index contributed by atoms with van der Waals surface area (Å²) in [5.74, 6) is -1.38. The van der Waals surface area contributed by atoms with Crippen LogP contribution in [0.2, 0.25) is 0 Å². The normalized spacial score (nSPS) is 27.0. The van der Waals surface area contributed by atoms with Gasteiger partial charge in [0.2, 0.25) is 5.91 Å². The molecular weight excluding hydrogens is 540 g/mol. The van der Waals surface area contributed by atoms with Gasteiger partial charge in [-0.25, -0.2) is 9.18 Å². The van der Waals surface area contributed by atoms with Crippen molar-refractivity contribution in [1.29, 1.82) is 0 Å². The number of likely N-dealkylation sites (tertiary alicyclic amines) is 1. The summed E-state index contributed by atoms with van der Waals surface area (Å²) in [5, 5.41) is 9.33. The molecule has 1 aliphatic carbocycles. The van der Waals surface area contributed by atoms with Gasteiger partial charge in [0.25, 0.3) is 0 Å². The molecule has 0 bridgehead atoms. The zero-order chi connectivity index (χ0) is 29.7. The Hall–Kier alpha value is -3.14. The number of halogens is 4. The Balaban J connectivity index is 1.28. The van der Waals surface area contributed by atoms with Crippen LogP contribution < -0.4 is 4.74 Å². The number of fused-ring (bicyclic) bond motifs is 1. The summed E-state index contributed by atoms with van der Waals surface area (Å²) in [5.41, 5.74) is -0.525. The Bertz CT molecular complexity index is 1330. The van der Waals surface area contributed by atoms with Gasteiger partial charge in [0.05, 0.1) is 23.1 Å². The second-order valence-corrected chi connectivity index (χ2v) is 12.2. The Morgan fingerprint density at radius 3 is 2.54 bits per heavy atom. The molecule has 10 heteroatoms. The van der Waals surface area contributed by atoms with Crippen LogP contribution in [0.5, 0.6) is 5.75 Å². The van der Waals surface area contributed by atoms with Crippen molar-refractivity contribution >= 4 is 11.9 Å². The highest BCUT2D eigenvalue weighted by atomic mass is 19.4. The van der Waals surface area contributed by atoms with Gasteiger partial charge in [-0.2, -0.15) is 13.2 Å². The Kier molecular flexibility index (Phi) is 7.82. The summed E-state index contributed by atoms with van der Waals surface area (Å²) in [6.45, 7) is 7.83. The van der Waals surface area contributed by atoms with E-state index < -0.39 is 28.9 Å². The molecule has 1 amide bonds. The number of carboxylic acids is 1. The second kappa shape index (κ2) is 10.9. The molecule has 2 aromatic rings. The molecule has 6 nitrogen and oxygen atoms in total. The molecule has 5 rings (SSSR count). The van der Waals surface area contributed by atoms with Crippen LogP contribution in [0.1, 0.15) is 79.4 Å². The smallest absolute Gasteiger partial charge is 0.416 e. The minimum Gasteiger partial charge on any atom is -0.478 e. The van der Waals surface area contributed by atoms with Crippen molar-refractivity contribution in [3.05, 3.63) is 64.5 Å². The number of alkyl halides is 3. The molecular formula is C31H36F4N2O4. The van der Waals surface area contributed by atoms with Gasteiger partial charge in [0, 0.05) is 18.2 Å². The number of hydrogen-bond acceptors (Lipinski definition) is 4. The third-order valence-corrected chi connectivity index (χ3v) is 9.57. The van der Waals surface area contributed by atoms with E-state index in [2.05, 4.69) is 11.8 Å². The summed E-state index contributed by atoms with van der Waals surface area (Å²) in [7, 11) is 0. The first-order chi connectivity index (χ1) is 19.3. The van der Waals surface area contributed by atoms with Crippen LogP contribution in [0.15, 0.2) is 36.4 Å². The number of rotatable bonds is 5. The summed E-state index contributed by atoms with van der Waals surface area (Å²) in [6, 6.07) is 7.92. The van der Waals surface area contributed by atoms with E-state index in [0.717, 1.165) is 43.6 Å². The van der Waals surface area contributed by atoms with Gasteiger partial charge >= 0.3 is 12.1 Å². The molecule has 222 valence electrons. The van der Waals surface area contributed by atoms with Crippen molar-refractivity contribution in [2.45, 2.75) is 71.1 Å². The average Bonchev–Trinajstić information content (AvgIpc) is 3.39. The van der Waals surface area contributed by atoms with Crippen molar-refractivity contribution in [2.75, 3.05) is 19.8 Å². The van der Waals surface area contributed by atoms with Gasteiger partial charge in [-0.3, -0.25) is 4.79 Å². The lowest BCUT2D eigenvalue weighted by molar-refractivity contribution is -0.150. The van der Waals surface area contributed by atoms with E-state index in [-0.39, 0.29) is 48.5 Å². The van der Waals surface area contributed by atoms with Gasteiger partial charge in [-0.05, 0) is 85.9 Å². The number of ether oxygens (including phenoxy) is 1. The molecule has 4 atom stereocenters. The second-order valence-electron chi connectivity index (χ2n) is 12.2. The number of benzene rings is 2. The van der Waals surface area contributed by atoms with Crippen LogP contribution in [0, 0.1) is 23.1 Å². The molecule has 2 unspecified atom stereocenters. The van der Waals surface area contributed by atoms with Crippen LogP contribution in [-0.2, 0) is 17.5 Å². The first-order valence-corrected chi connectivity index (χ1v) is 14.2. The minimum absolute atomic E-state index is 0.00869. The minimum atomic E-state index is -4.47. The first kappa shape index (κ1) is 29.4. The number of amides is 1. The fourth-order valence-corrected chi connectivity index (χ4v) is 7.13. The summed E-state index contributed by atoms with van der Waals surface area (Å²) in [4.78, 5) is 29.4. The molecule has 1 saturated carbocycles. The van der Waals surface area contributed by atoms with E-state index in [0.29, 0.717) is 24.2 Å². The van der Waals surface area contributed by atoms with Crippen molar-refractivity contribution in [1.82, 2.24) is 9.80 Å². The molecule has 1 saturated heterocycles. The molecule has 2 aliphatic heterocycles. The summed E-state index contributed by atoms with van der Waals surface area (Å²) in [6.07, 6.45) is -1.49. The zero-order valence-electron chi connectivity index (χ0n) is 23.5. The predicted octanol–water partition coefficient (Wildman–Crippen LogP) is 6.54. The predicted molar refractivity (Wildman–Crippen MR) is 144 cm³/mol. The van der Waals surface area contributed by atoms with Crippen LogP contribution in [0.3, 0.4) is 0 Å². The molecule has 2 heterocycles. The van der Waals surface area contributed by atoms with Gasteiger partial charge in [0.15, 0.2) is 6.73 Å². The average molecular weight is 577 g/mol. The summed E-state index contributed by atoms with van der Waals surface area (Å²) >= 11 is 0. The highest BCUT2D eigenvalue weighted by molar-refractivity contribution is 5.88. The van der Waals surface area contributed by atoms with Crippen molar-refractivity contribution in [3.63, 3.8) is 0 Å². The van der Waals surface area contributed by atoms with Gasteiger partial charge < -0.3 is 19.6 Å². The lowest BCUT2D eigenvalue weighted by Gasteiger charge is -2.42. The highest BCUT2D eigenvalue weighted by Crippen LogP contribution is 2.49. The SMILES string of the molecule is CC1CN([C@@H]2CC[C@@](C(=O)N3COc4ccc(C(F)(F)F)cc4C3)(C(C)C)C2)CCC1c1ccc(F)c(C(=O)O)c1. The van der Waals surface area contributed by atoms with Crippen LogP contribution in [-0.4, -0.2) is 52.6 Å². The Morgan fingerprint density at radius 2 is 1.88 bits per heavy atom. The third kappa shape index (κ3) is 5.55. The van der Waals surface area contributed by atoms with Gasteiger partial charge in [-0.1, -0.05) is 26.8 Å². The van der Waals surface area contributed by atoms with E-state index in [9.17, 15) is 32.3 Å². The lowest BCUT2D eigenvalue weighted by atomic mass is 9.74. The largest absolute Gasteiger partial charge is 0.478 e. The van der Waals surface area contributed by atoms with Crippen molar-refractivity contribution in [2.24, 2.45) is 17.3 Å². The van der Waals surface area contributed by atoms with Crippen molar-refractivity contribution < 1.29 is 37.0 Å². The third-order valence-electron chi connectivity index (χ3n) is 9.57. The molecule has 2 aromatic carbocycles. The van der Waals surface area contributed by atoms with E-state index in [1.54, 1.807) is 11.0 Å². The lowest BCUT2D eigenvalue weighted by Crippen LogP contribution is -2.49. The summed E-state index contributed by atoms with van der Waals surface area (Å²) < 4.78 is 59.6. The van der Waals surface area contributed by atoms with E-state index >= 15 is 0 Å². The van der Waals surface area contributed by atoms with E-state index in [1.807, 2.05) is 13.8 Å². The topological polar surface area (TPSA) is 70.1 Å². The maximum atomic E-state index is 14.0. The fraction of sp³-hybridized carbons (Fsp3) is 0.548. The monoisotopic (exact) mass is 576 g/mol. The quantitative estimate of drug-likeness (QED) is 0.410. The Morgan fingerprint density at radius 1 is 1.12 bits per heavy atom. The van der Waals surface area contributed by atoms with E-state index in [4.69, 9.17) is 4.74 Å². The molecule has 0 radical (unpaired) electrons. The molecule has 3 aliphatic rings. The highest BCUT2D eigenvalue weighted by Gasteiger charge is 2.51. The number of hydrogen-bond donors (Lipinski definition) is 1. The number of carboxylic acid groups (broad SMARTS) is 1. The maximum absolute atomic E-state index is 14.0. The molecule has 0 aromatic heterocycles. The maximum Gasteiger partial charge on any atom is 0.416 e. The van der Waals surface area contributed by atoms with Gasteiger partial charge in [-0.15, -0.1) is 0 Å². The van der Waals surface area contributed by atoms with Crippen LogP contribution >= 0.6 is 0 Å². The van der Waals surface area contributed by atoms with Crippen LogP contribution in [0.4, 0.5) is 17.6 Å². The standard InChI is InChI=1S/C31H36F4N2O4/c1-18(2)30(29(40)37-16-21-12-22(31(33,34)35)5-7-27(21)41-17-37)10-8-23(14-30)36-11-9-24(19(3)15-36)20-4-6-26(32)25(13-20)28(38)39/h4-7,12-13,18-19,23-24H,8-11,14-17H2,1-3H3,(H,38,39)/t19?,23-,24?,30+/m1/s1. The number of carbonyl (C=O) groups excluding carboxylic acids is 1. The van der Waals surface area contributed by atoms with E-state index in [1.165, 1.54) is 18.2 Å². The van der Waals surface area contributed by atoms with Crippen LogP contribution in [0.25, 0.3) is 0 Å². The number of piperidine rings is 1. The number of carbonyl (C=O) groups is 2. The van der Waals surface area contributed by atoms with Gasteiger partial charge in [0.1, 0.15) is 11.6 Å². The molecule has 2 fully saturated rings. The molecule has 0 spiro atoms. The number of nitrogens with zero attached hydrogens (tertiary/aromatic N) is 2. The zero-order valence-corrected chi connectivity index (χ0v) is 23.5. The molecule has 1 N–H and O–H groups in total. The number of aromatic carboxylic acids is 1. The Labute approximate surface area is 237 Å². The fourth-order valence-electron chi connectivity index (χ4n) is 7.13. The molecule has 41 heavy (non-hydrogen) atoms. The van der Waals surface area contributed by atoms with Crippen molar-refractivity contribution in [3.8, 4) is 5.75 Å².